The minimum atomic E-state index is -1.98. The topological polar surface area (TPSA) is 278 Å². The summed E-state index contributed by atoms with van der Waals surface area (Å²) in [6.45, 7) is -1.58. The van der Waals surface area contributed by atoms with E-state index in [1.54, 1.807) is 0 Å². The number of carboxylic acids is 3. The number of aliphatic carboxylic acids is 3. The van der Waals surface area contributed by atoms with E-state index in [0.717, 1.165) is 7.11 Å². The van der Waals surface area contributed by atoms with Gasteiger partial charge in [0.1, 0.15) is 43.0 Å². The number of ether oxygens (including phenoxy) is 2. The molecule has 1 aliphatic rings. The van der Waals surface area contributed by atoms with E-state index < -0.39 is 124 Å². The number of rotatable bonds is 15. The molecule has 17 nitrogen and oxygen atoms in total. The zero-order valence-corrected chi connectivity index (χ0v) is 20.3. The van der Waals surface area contributed by atoms with Crippen molar-refractivity contribution in [1.29, 1.82) is 0 Å². The zero-order chi connectivity index (χ0) is 29.2. The molecule has 216 valence electrons. The number of methoxy groups -OCH3 is 1. The van der Waals surface area contributed by atoms with Crippen LogP contribution in [-0.2, 0) is 38.2 Å². The molecule has 17 heteroatoms. The van der Waals surface area contributed by atoms with E-state index in [1.807, 2.05) is 0 Å². The van der Waals surface area contributed by atoms with Crippen molar-refractivity contribution >= 4 is 35.7 Å². The van der Waals surface area contributed by atoms with E-state index in [0.29, 0.717) is 4.90 Å². The Balaban J connectivity index is 3.54. The van der Waals surface area contributed by atoms with Gasteiger partial charge in [0.05, 0.1) is 26.2 Å². The van der Waals surface area contributed by atoms with Gasteiger partial charge in [-0.1, -0.05) is 0 Å². The average molecular weight is 552 g/mol. The number of aliphatic hydroxyl groups excluding tert-OH is 4. The summed E-state index contributed by atoms with van der Waals surface area (Å²) in [5.74, 6) is -7.92. The second-order valence-electron chi connectivity index (χ2n) is 8.39. The molecule has 2 amide bonds. The van der Waals surface area contributed by atoms with Crippen LogP contribution in [0.3, 0.4) is 0 Å². The number of carbonyl (C=O) groups is 6. The summed E-state index contributed by atoms with van der Waals surface area (Å²) in [5.41, 5.74) is 0. The highest BCUT2D eigenvalue weighted by Crippen LogP contribution is 2.27. The van der Waals surface area contributed by atoms with Gasteiger partial charge in [0.15, 0.2) is 0 Å². The summed E-state index contributed by atoms with van der Waals surface area (Å²) in [5, 5.41) is 69.9. The van der Waals surface area contributed by atoms with Crippen molar-refractivity contribution in [2.45, 2.75) is 74.7 Å². The van der Waals surface area contributed by atoms with Crippen LogP contribution in [0.15, 0.2) is 0 Å². The molecular weight excluding hydrogens is 520 g/mol. The molecule has 0 aromatic rings. The smallest absolute Gasteiger partial charge is 0.326 e. The molecule has 0 radical (unpaired) electrons. The predicted octanol–water partition coefficient (Wildman–Crippen LogP) is -4.11. The molecule has 7 atom stereocenters. The van der Waals surface area contributed by atoms with Gasteiger partial charge in [0, 0.05) is 19.3 Å². The fraction of sp³-hybridized carbons (Fsp3) is 0.714. The lowest BCUT2D eigenvalue weighted by Gasteiger charge is -2.43. The van der Waals surface area contributed by atoms with Gasteiger partial charge in [-0.2, -0.15) is 0 Å². The Labute approximate surface area is 215 Å². The third kappa shape index (κ3) is 9.18. The van der Waals surface area contributed by atoms with Gasteiger partial charge in [0.25, 0.3) is 0 Å². The lowest BCUT2D eigenvalue weighted by atomic mass is 9.90. The van der Waals surface area contributed by atoms with Crippen LogP contribution in [-0.4, -0.2) is 139 Å². The summed E-state index contributed by atoms with van der Waals surface area (Å²) in [7, 11) is 1.01. The summed E-state index contributed by atoms with van der Waals surface area (Å²) in [4.78, 5) is 72.5. The summed E-state index contributed by atoms with van der Waals surface area (Å²) >= 11 is 0. The van der Waals surface area contributed by atoms with Gasteiger partial charge < -0.3 is 55.4 Å². The van der Waals surface area contributed by atoms with Crippen LogP contribution in [0.5, 0.6) is 0 Å². The quantitative estimate of drug-likeness (QED) is 0.0896. The van der Waals surface area contributed by atoms with Crippen LogP contribution in [0.4, 0.5) is 0 Å². The number of esters is 1. The normalized spacial score (nSPS) is 24.5. The molecule has 1 rings (SSSR count). The Bertz CT molecular complexity index is 879. The first-order chi connectivity index (χ1) is 17.7. The lowest BCUT2D eigenvalue weighted by molar-refractivity contribution is -0.233. The number of hydrogen-bond donors (Lipinski definition) is 8. The second-order valence-corrected chi connectivity index (χ2v) is 8.39. The van der Waals surface area contributed by atoms with Crippen molar-refractivity contribution in [3.05, 3.63) is 0 Å². The van der Waals surface area contributed by atoms with Crippen molar-refractivity contribution in [3.8, 4) is 0 Å². The van der Waals surface area contributed by atoms with Gasteiger partial charge in [-0.3, -0.25) is 24.0 Å². The molecule has 1 fully saturated rings. The molecule has 8 N–H and O–H groups in total. The largest absolute Gasteiger partial charge is 0.481 e. The van der Waals surface area contributed by atoms with Crippen molar-refractivity contribution in [2.75, 3.05) is 20.3 Å². The maximum absolute atomic E-state index is 13.2. The molecule has 2 unspecified atom stereocenters. The number of nitrogens with zero attached hydrogens (tertiary/aromatic N) is 1. The van der Waals surface area contributed by atoms with Crippen molar-refractivity contribution in [2.24, 2.45) is 0 Å². The fourth-order valence-corrected chi connectivity index (χ4v) is 3.84. The summed E-state index contributed by atoms with van der Waals surface area (Å²) in [6, 6.07) is -3.90. The first-order valence-electron chi connectivity index (χ1n) is 11.4. The Hall–Kier alpha value is -3.38. The van der Waals surface area contributed by atoms with Crippen molar-refractivity contribution in [3.63, 3.8) is 0 Å². The Morgan fingerprint density at radius 3 is 1.95 bits per heavy atom. The number of amides is 2. The number of aliphatic hydroxyl groups is 4. The summed E-state index contributed by atoms with van der Waals surface area (Å²) < 4.78 is 9.78. The molecule has 0 aromatic carbocycles. The Kier molecular flexibility index (Phi) is 13.0. The molecule has 1 saturated heterocycles. The van der Waals surface area contributed by atoms with E-state index in [1.165, 1.54) is 0 Å². The Morgan fingerprint density at radius 2 is 1.45 bits per heavy atom. The molecular formula is C21H32N2O15. The van der Waals surface area contributed by atoms with Crippen LogP contribution in [0, 0.1) is 0 Å². The molecule has 1 aliphatic heterocycles. The number of hydrogen-bond acceptors (Lipinski definition) is 12. The third-order valence-electron chi connectivity index (χ3n) is 5.81. The van der Waals surface area contributed by atoms with Gasteiger partial charge in [-0.15, -0.1) is 0 Å². The van der Waals surface area contributed by atoms with E-state index in [4.69, 9.17) is 14.9 Å². The van der Waals surface area contributed by atoms with Gasteiger partial charge in [0.2, 0.25) is 11.8 Å². The van der Waals surface area contributed by atoms with E-state index >= 15 is 0 Å². The lowest BCUT2D eigenvalue weighted by Crippen LogP contribution is -2.62. The van der Waals surface area contributed by atoms with E-state index in [9.17, 15) is 54.3 Å². The van der Waals surface area contributed by atoms with Crippen LogP contribution in [0.1, 0.15) is 32.1 Å². The predicted molar refractivity (Wildman–Crippen MR) is 119 cm³/mol. The molecule has 0 spiro atoms. The first kappa shape index (κ1) is 32.6. The molecule has 0 aliphatic carbocycles. The molecule has 0 aromatic heterocycles. The van der Waals surface area contributed by atoms with Crippen molar-refractivity contribution in [1.82, 2.24) is 10.2 Å². The number of carboxylic acid groups (broad SMARTS) is 3. The van der Waals surface area contributed by atoms with Crippen LogP contribution >= 0.6 is 0 Å². The Morgan fingerprint density at radius 1 is 0.868 bits per heavy atom. The highest BCUT2D eigenvalue weighted by molar-refractivity contribution is 5.93. The standard InChI is InChI=1S/C21H32N2O15/c1-37-16(30)7-22-20(34)10(6-11-17(31)19(33)18(32)12(8-24)38-11)23(13(25)3-5-15(28)29)9(21(35)36)2-4-14(26)27/h9-12,17-19,24,31-33H,2-8H2,1H3,(H,22,34)(H,26,27)(H,28,29)(H,35,36)/t9?,10?,11-,12-,17-,18-,19-/m1/s1. The van der Waals surface area contributed by atoms with Crippen LogP contribution < -0.4 is 5.32 Å². The highest BCUT2D eigenvalue weighted by atomic mass is 16.5. The number of nitrogens with one attached hydrogen (secondary N) is 1. The average Bonchev–Trinajstić information content (AvgIpc) is 2.86. The van der Waals surface area contributed by atoms with E-state index in [2.05, 4.69) is 10.1 Å². The first-order valence-corrected chi connectivity index (χ1v) is 11.4. The maximum atomic E-state index is 13.2. The van der Waals surface area contributed by atoms with Crippen LogP contribution in [0.2, 0.25) is 0 Å². The summed E-state index contributed by atoms with van der Waals surface area (Å²) in [6.07, 6.45) is -12.4. The third-order valence-corrected chi connectivity index (χ3v) is 5.81. The van der Waals surface area contributed by atoms with Gasteiger partial charge in [-0.05, 0) is 6.42 Å². The molecule has 0 bridgehead atoms. The number of carbonyl (C=O) groups excluding carboxylic acids is 3. The molecule has 1 heterocycles. The molecule has 0 saturated carbocycles. The fourth-order valence-electron chi connectivity index (χ4n) is 3.84. The zero-order valence-electron chi connectivity index (χ0n) is 20.3. The SMILES string of the molecule is COC(=O)CNC(=O)C(C[C@H]1O[C@H](CO)[C@@H](O)[C@H](O)[C@@H]1O)N(C(=O)CCC(=O)O)C(CCC(=O)O)C(=O)O. The van der Waals surface area contributed by atoms with Gasteiger partial charge >= 0.3 is 23.9 Å². The van der Waals surface area contributed by atoms with E-state index in [-0.39, 0.29) is 0 Å². The highest BCUT2D eigenvalue weighted by Gasteiger charge is 2.47. The minimum Gasteiger partial charge on any atom is -0.481 e. The maximum Gasteiger partial charge on any atom is 0.326 e. The van der Waals surface area contributed by atoms with Crippen molar-refractivity contribution < 1.29 is 74.0 Å². The minimum absolute atomic E-state index is 0.433. The monoisotopic (exact) mass is 552 g/mol. The van der Waals surface area contributed by atoms with Crippen LogP contribution in [0.25, 0.3) is 0 Å². The van der Waals surface area contributed by atoms with Gasteiger partial charge in [-0.25, -0.2) is 4.79 Å². The second kappa shape index (κ2) is 15.1. The molecule has 38 heavy (non-hydrogen) atoms.